The first-order valence-corrected chi connectivity index (χ1v) is 10.6. The van der Waals surface area contributed by atoms with Crippen LogP contribution in [0.2, 0.25) is 0 Å². The second-order valence-corrected chi connectivity index (χ2v) is 7.36. The average Bonchev–Trinajstić information content (AvgIpc) is 2.76. The summed E-state index contributed by atoms with van der Waals surface area (Å²) < 4.78 is 16.1. The van der Waals surface area contributed by atoms with Gasteiger partial charge in [-0.05, 0) is 42.0 Å². The fourth-order valence-electron chi connectivity index (χ4n) is 3.14. The van der Waals surface area contributed by atoms with Gasteiger partial charge in [-0.15, -0.1) is 11.8 Å². The van der Waals surface area contributed by atoms with Crippen molar-refractivity contribution >= 4 is 23.6 Å². The number of amides is 1. The van der Waals surface area contributed by atoms with Crippen LogP contribution < -0.4 is 19.5 Å². The summed E-state index contributed by atoms with van der Waals surface area (Å²) in [7, 11) is 4.59. The SMILES string of the molecule is COc1ccc(CCC(=O)N[C@H](CC(=O)O)c2ccc(SC)cc2)c(OC)c1OC. The van der Waals surface area contributed by atoms with Crippen LogP contribution in [-0.2, 0) is 16.0 Å². The van der Waals surface area contributed by atoms with Crippen molar-refractivity contribution in [3.63, 3.8) is 0 Å². The molecular weight excluding hydrogens is 406 g/mol. The number of aliphatic carboxylic acids is 1. The van der Waals surface area contributed by atoms with Crippen molar-refractivity contribution in [1.82, 2.24) is 5.32 Å². The fourth-order valence-corrected chi connectivity index (χ4v) is 3.55. The Morgan fingerprint density at radius 2 is 1.67 bits per heavy atom. The molecule has 0 saturated carbocycles. The number of nitrogens with one attached hydrogen (secondary N) is 1. The first-order chi connectivity index (χ1) is 14.4. The van der Waals surface area contributed by atoms with Crippen LogP contribution in [0.5, 0.6) is 17.2 Å². The lowest BCUT2D eigenvalue weighted by molar-refractivity contribution is -0.137. The van der Waals surface area contributed by atoms with Crippen LogP contribution in [0.25, 0.3) is 0 Å². The van der Waals surface area contributed by atoms with Gasteiger partial charge in [-0.3, -0.25) is 9.59 Å². The normalized spacial score (nSPS) is 11.5. The maximum Gasteiger partial charge on any atom is 0.305 e. The number of hydrogen-bond acceptors (Lipinski definition) is 6. The summed E-state index contributed by atoms with van der Waals surface area (Å²) in [5.41, 5.74) is 1.55. The summed E-state index contributed by atoms with van der Waals surface area (Å²) in [4.78, 5) is 24.9. The summed E-state index contributed by atoms with van der Waals surface area (Å²) >= 11 is 1.60. The predicted molar refractivity (Wildman–Crippen MR) is 116 cm³/mol. The molecule has 0 heterocycles. The van der Waals surface area contributed by atoms with Gasteiger partial charge in [0.15, 0.2) is 11.5 Å². The standard InChI is InChI=1S/C22H27NO6S/c1-27-18-11-7-15(21(28-2)22(18)29-3)8-12-19(24)23-17(13-20(25)26)14-5-9-16(30-4)10-6-14/h5-7,9-11,17H,8,12-13H2,1-4H3,(H,23,24)(H,25,26)/t17-/m1/s1. The van der Waals surface area contributed by atoms with Crippen molar-refractivity contribution in [3.05, 3.63) is 47.5 Å². The number of carboxylic acids is 1. The molecule has 2 rings (SSSR count). The Morgan fingerprint density at radius 3 is 2.20 bits per heavy atom. The van der Waals surface area contributed by atoms with Crippen molar-refractivity contribution in [2.75, 3.05) is 27.6 Å². The van der Waals surface area contributed by atoms with Gasteiger partial charge in [-0.1, -0.05) is 18.2 Å². The molecule has 1 amide bonds. The van der Waals surface area contributed by atoms with E-state index in [1.165, 1.54) is 14.2 Å². The van der Waals surface area contributed by atoms with Gasteiger partial charge in [0.05, 0.1) is 33.8 Å². The zero-order chi connectivity index (χ0) is 22.1. The minimum absolute atomic E-state index is 0.171. The lowest BCUT2D eigenvalue weighted by Gasteiger charge is -2.19. The summed E-state index contributed by atoms with van der Waals surface area (Å²) in [5, 5.41) is 12.1. The molecular formula is C22H27NO6S. The number of methoxy groups -OCH3 is 3. The van der Waals surface area contributed by atoms with Crippen LogP contribution in [0, 0.1) is 0 Å². The number of thioether (sulfide) groups is 1. The second-order valence-electron chi connectivity index (χ2n) is 6.48. The Hall–Kier alpha value is -2.87. The Kier molecular flexibility index (Phi) is 8.86. The molecule has 2 aromatic carbocycles. The summed E-state index contributed by atoms with van der Waals surface area (Å²) in [6.45, 7) is 0. The van der Waals surface area contributed by atoms with Crippen molar-refractivity contribution in [2.45, 2.75) is 30.2 Å². The van der Waals surface area contributed by atoms with Crippen molar-refractivity contribution in [1.29, 1.82) is 0 Å². The molecule has 2 N–H and O–H groups in total. The first-order valence-electron chi connectivity index (χ1n) is 9.36. The Balaban J connectivity index is 2.11. The van der Waals surface area contributed by atoms with Crippen LogP contribution in [0.4, 0.5) is 0 Å². The van der Waals surface area contributed by atoms with Gasteiger partial charge < -0.3 is 24.6 Å². The number of ether oxygens (including phenoxy) is 3. The smallest absolute Gasteiger partial charge is 0.305 e. The highest BCUT2D eigenvalue weighted by atomic mass is 32.2. The van der Waals surface area contributed by atoms with Gasteiger partial charge >= 0.3 is 5.97 Å². The van der Waals surface area contributed by atoms with Gasteiger partial charge in [-0.2, -0.15) is 0 Å². The maximum absolute atomic E-state index is 12.6. The van der Waals surface area contributed by atoms with E-state index in [4.69, 9.17) is 14.2 Å². The molecule has 1 atom stereocenters. The van der Waals surface area contributed by atoms with E-state index in [-0.39, 0.29) is 18.7 Å². The molecule has 0 radical (unpaired) electrons. The van der Waals surface area contributed by atoms with Crippen LogP contribution >= 0.6 is 11.8 Å². The number of carbonyl (C=O) groups excluding carboxylic acids is 1. The van der Waals surface area contributed by atoms with Crippen LogP contribution in [0.1, 0.15) is 30.0 Å². The summed E-state index contributed by atoms with van der Waals surface area (Å²) in [6, 6.07) is 10.5. The second kappa shape index (κ2) is 11.3. The van der Waals surface area contributed by atoms with E-state index in [1.54, 1.807) is 24.9 Å². The monoisotopic (exact) mass is 433 g/mol. The quantitative estimate of drug-likeness (QED) is 0.522. The number of carboxylic acid groups (broad SMARTS) is 1. The van der Waals surface area contributed by atoms with Gasteiger partial charge in [0, 0.05) is 11.3 Å². The molecule has 8 heteroatoms. The van der Waals surface area contributed by atoms with Gasteiger partial charge in [0.1, 0.15) is 0 Å². The molecule has 30 heavy (non-hydrogen) atoms. The van der Waals surface area contributed by atoms with Crippen LogP contribution in [-0.4, -0.2) is 44.6 Å². The number of carbonyl (C=O) groups is 2. The Bertz CT molecular complexity index is 869. The Morgan fingerprint density at radius 1 is 1.00 bits per heavy atom. The molecule has 0 fully saturated rings. The number of aryl methyl sites for hydroxylation is 1. The van der Waals surface area contributed by atoms with E-state index in [0.29, 0.717) is 23.7 Å². The van der Waals surface area contributed by atoms with Crippen LogP contribution in [0.3, 0.4) is 0 Å². The molecule has 0 spiro atoms. The fraction of sp³-hybridized carbons (Fsp3) is 0.364. The highest BCUT2D eigenvalue weighted by molar-refractivity contribution is 7.98. The van der Waals surface area contributed by atoms with Crippen molar-refractivity contribution in [2.24, 2.45) is 0 Å². The molecule has 0 aliphatic rings. The highest BCUT2D eigenvalue weighted by Crippen LogP contribution is 2.40. The van der Waals surface area contributed by atoms with E-state index >= 15 is 0 Å². The van der Waals surface area contributed by atoms with E-state index in [0.717, 1.165) is 16.0 Å². The molecule has 0 unspecified atom stereocenters. The Labute approximate surface area is 180 Å². The highest BCUT2D eigenvalue weighted by Gasteiger charge is 2.20. The number of rotatable bonds is 11. The van der Waals surface area contributed by atoms with Gasteiger partial charge in [0.2, 0.25) is 11.7 Å². The van der Waals surface area contributed by atoms with E-state index < -0.39 is 12.0 Å². The molecule has 0 aliphatic carbocycles. The first kappa shape index (κ1) is 23.4. The third-order valence-electron chi connectivity index (χ3n) is 4.64. The average molecular weight is 434 g/mol. The minimum atomic E-state index is -0.976. The molecule has 0 aromatic heterocycles. The molecule has 0 bridgehead atoms. The lowest BCUT2D eigenvalue weighted by Crippen LogP contribution is -2.30. The minimum Gasteiger partial charge on any atom is -0.493 e. The summed E-state index contributed by atoms with van der Waals surface area (Å²) in [6.07, 6.45) is 2.35. The maximum atomic E-state index is 12.6. The van der Waals surface area contributed by atoms with E-state index in [1.807, 2.05) is 36.6 Å². The van der Waals surface area contributed by atoms with Crippen LogP contribution in [0.15, 0.2) is 41.3 Å². The van der Waals surface area contributed by atoms with Crippen molar-refractivity contribution in [3.8, 4) is 17.2 Å². The molecule has 0 aliphatic heterocycles. The van der Waals surface area contributed by atoms with Gasteiger partial charge in [-0.25, -0.2) is 0 Å². The topological polar surface area (TPSA) is 94.1 Å². The van der Waals surface area contributed by atoms with Gasteiger partial charge in [0.25, 0.3) is 0 Å². The molecule has 162 valence electrons. The van der Waals surface area contributed by atoms with E-state index in [2.05, 4.69) is 5.32 Å². The molecule has 7 nitrogen and oxygen atoms in total. The molecule has 0 saturated heterocycles. The van der Waals surface area contributed by atoms with Crippen molar-refractivity contribution < 1.29 is 28.9 Å². The third kappa shape index (κ3) is 6.06. The number of benzene rings is 2. The molecule has 2 aromatic rings. The number of hydrogen-bond donors (Lipinski definition) is 2. The predicted octanol–water partition coefficient (Wildman–Crippen LogP) is 3.70. The third-order valence-corrected chi connectivity index (χ3v) is 5.38. The summed E-state index contributed by atoms with van der Waals surface area (Å²) in [5.74, 6) is 0.301. The largest absolute Gasteiger partial charge is 0.493 e. The van der Waals surface area contributed by atoms with E-state index in [9.17, 15) is 14.7 Å². The zero-order valence-electron chi connectivity index (χ0n) is 17.6. The zero-order valence-corrected chi connectivity index (χ0v) is 18.4. The lowest BCUT2D eigenvalue weighted by atomic mass is 10.0.